The van der Waals surface area contributed by atoms with Crippen LogP contribution in [0.3, 0.4) is 0 Å². The summed E-state index contributed by atoms with van der Waals surface area (Å²) in [4.78, 5) is 17.3. The lowest BCUT2D eigenvalue weighted by molar-refractivity contribution is -0.191. The number of benzene rings is 2. The predicted octanol–water partition coefficient (Wildman–Crippen LogP) is 5.80. The first-order chi connectivity index (χ1) is 14.5. The number of amides is 1. The van der Waals surface area contributed by atoms with Gasteiger partial charge < -0.3 is 5.32 Å². The number of nitrogens with one attached hydrogen (secondary N) is 1. The molecule has 0 aliphatic heterocycles. The summed E-state index contributed by atoms with van der Waals surface area (Å²) in [6.45, 7) is 10.4. The Hall–Kier alpha value is -3.24. The highest BCUT2D eigenvalue weighted by molar-refractivity contribution is 5.79. The Balaban J connectivity index is 2.46. The van der Waals surface area contributed by atoms with Gasteiger partial charge in [0.15, 0.2) is 11.6 Å². The van der Waals surface area contributed by atoms with Gasteiger partial charge in [-0.05, 0) is 42.7 Å². The fraction of sp³-hybridized carbons (Fsp3) is 0.292. The molecule has 1 amide bonds. The Labute approximate surface area is 180 Å². The molecule has 0 fully saturated rings. The Bertz CT molecular complexity index is 1040. The van der Waals surface area contributed by atoms with Crippen molar-refractivity contribution in [3.05, 3.63) is 65.0 Å². The molecule has 0 aromatic heterocycles. The van der Waals surface area contributed by atoms with Crippen molar-refractivity contribution in [3.63, 3.8) is 0 Å². The number of hydrogen-bond donors (Lipinski definition) is 1. The van der Waals surface area contributed by atoms with Crippen molar-refractivity contribution in [2.45, 2.75) is 34.2 Å². The fourth-order valence-corrected chi connectivity index (χ4v) is 2.74. The number of hydrogen-bond acceptors (Lipinski definition) is 3. The van der Waals surface area contributed by atoms with E-state index in [0.29, 0.717) is 11.1 Å². The number of hydroxylamine groups is 2. The molecule has 0 spiro atoms. The number of carbonyl (C=O) groups excluding carboxylic acids is 1. The minimum Gasteiger partial charge on any atom is -0.350 e. The molecule has 0 aliphatic carbocycles. The second kappa shape index (κ2) is 10.2. The Morgan fingerprint density at radius 3 is 2.42 bits per heavy atom. The number of halogens is 3. The lowest BCUT2D eigenvalue weighted by Gasteiger charge is -2.23. The molecule has 1 N–H and O–H groups in total. The van der Waals surface area contributed by atoms with Gasteiger partial charge >= 0.3 is 0 Å². The minimum absolute atomic E-state index is 0.0711. The van der Waals surface area contributed by atoms with Crippen molar-refractivity contribution in [2.24, 2.45) is 5.92 Å². The molecule has 31 heavy (non-hydrogen) atoms. The number of terminal acetylenes is 1. The number of carbonyl (C=O) groups is 1. The number of rotatable bonds is 8. The molecule has 7 heteroatoms. The van der Waals surface area contributed by atoms with Crippen molar-refractivity contribution in [1.82, 2.24) is 5.06 Å². The van der Waals surface area contributed by atoms with Crippen LogP contribution in [0.25, 0.3) is 5.57 Å². The van der Waals surface area contributed by atoms with E-state index in [1.54, 1.807) is 6.92 Å². The first-order valence-electron chi connectivity index (χ1n) is 9.66. The summed E-state index contributed by atoms with van der Waals surface area (Å²) in [6, 6.07) is 5.30. The van der Waals surface area contributed by atoms with E-state index in [0.717, 1.165) is 11.1 Å². The van der Waals surface area contributed by atoms with Gasteiger partial charge in [-0.3, -0.25) is 9.63 Å². The maximum absolute atomic E-state index is 15.0. The highest BCUT2D eigenvalue weighted by Crippen LogP contribution is 2.34. The third-order valence-electron chi connectivity index (χ3n) is 4.37. The zero-order valence-electron chi connectivity index (χ0n) is 18.0. The third-order valence-corrected chi connectivity index (χ3v) is 4.37. The molecule has 0 saturated heterocycles. The average Bonchev–Trinajstić information content (AvgIpc) is 2.70. The van der Waals surface area contributed by atoms with Crippen LogP contribution in [0.1, 0.15) is 44.4 Å². The van der Waals surface area contributed by atoms with Crippen LogP contribution < -0.4 is 5.32 Å². The zero-order valence-corrected chi connectivity index (χ0v) is 18.0. The van der Waals surface area contributed by atoms with Crippen LogP contribution >= 0.6 is 0 Å². The first kappa shape index (κ1) is 24.0. The maximum atomic E-state index is 15.0. The van der Waals surface area contributed by atoms with E-state index in [-0.39, 0.29) is 41.6 Å². The Kier molecular flexibility index (Phi) is 7.89. The molecular formula is C24H25F3N2O2. The largest absolute Gasteiger partial charge is 0.350 e. The topological polar surface area (TPSA) is 41.6 Å². The van der Waals surface area contributed by atoms with Crippen molar-refractivity contribution < 1.29 is 22.8 Å². The van der Waals surface area contributed by atoms with Crippen LogP contribution in [0.2, 0.25) is 0 Å². The monoisotopic (exact) mass is 430 g/mol. The van der Waals surface area contributed by atoms with E-state index in [2.05, 4.69) is 17.8 Å². The molecule has 2 aromatic carbocycles. The van der Waals surface area contributed by atoms with Crippen molar-refractivity contribution in [1.29, 1.82) is 0 Å². The van der Waals surface area contributed by atoms with Crippen LogP contribution in [-0.2, 0) is 16.2 Å². The SMILES string of the molecule is C#Cc1ccc(Nc2c(C(=C)C)cc(CN(OCC(C)C)C(C)=O)c(F)c2F)c(F)c1. The van der Waals surface area contributed by atoms with Crippen LogP contribution in [0.15, 0.2) is 30.8 Å². The van der Waals surface area contributed by atoms with E-state index < -0.39 is 23.4 Å². The van der Waals surface area contributed by atoms with Gasteiger partial charge in [0, 0.05) is 23.6 Å². The van der Waals surface area contributed by atoms with Gasteiger partial charge in [-0.1, -0.05) is 26.3 Å². The smallest absolute Gasteiger partial charge is 0.243 e. The molecule has 0 atom stereocenters. The van der Waals surface area contributed by atoms with E-state index in [1.807, 2.05) is 13.8 Å². The van der Waals surface area contributed by atoms with Gasteiger partial charge in [0.25, 0.3) is 0 Å². The lowest BCUT2D eigenvalue weighted by Crippen LogP contribution is -2.30. The van der Waals surface area contributed by atoms with Crippen LogP contribution in [0.4, 0.5) is 24.5 Å². The van der Waals surface area contributed by atoms with Gasteiger partial charge in [0.2, 0.25) is 5.91 Å². The van der Waals surface area contributed by atoms with Gasteiger partial charge in [-0.15, -0.1) is 6.42 Å². The molecule has 2 aromatic rings. The van der Waals surface area contributed by atoms with Gasteiger partial charge in [-0.25, -0.2) is 18.2 Å². The van der Waals surface area contributed by atoms with Gasteiger partial charge in [0.05, 0.1) is 24.5 Å². The van der Waals surface area contributed by atoms with Crippen LogP contribution in [-0.4, -0.2) is 17.6 Å². The highest BCUT2D eigenvalue weighted by Gasteiger charge is 2.23. The number of nitrogens with zero attached hydrogens (tertiary/aromatic N) is 1. The zero-order chi connectivity index (χ0) is 23.3. The van der Waals surface area contributed by atoms with E-state index in [4.69, 9.17) is 11.3 Å². The summed E-state index contributed by atoms with van der Waals surface area (Å²) < 4.78 is 44.2. The predicted molar refractivity (Wildman–Crippen MR) is 116 cm³/mol. The maximum Gasteiger partial charge on any atom is 0.243 e. The Morgan fingerprint density at radius 1 is 1.23 bits per heavy atom. The molecule has 0 saturated carbocycles. The lowest BCUT2D eigenvalue weighted by atomic mass is 10.0. The van der Waals surface area contributed by atoms with E-state index >= 15 is 4.39 Å². The molecule has 2 rings (SSSR count). The second-order valence-electron chi connectivity index (χ2n) is 7.58. The minimum atomic E-state index is -1.22. The molecule has 164 valence electrons. The average molecular weight is 430 g/mol. The summed E-state index contributed by atoms with van der Waals surface area (Å²) in [5.74, 6) is -1.12. The normalized spacial score (nSPS) is 10.7. The molecular weight excluding hydrogens is 405 g/mol. The van der Waals surface area contributed by atoms with E-state index in [9.17, 15) is 13.6 Å². The third kappa shape index (κ3) is 5.89. The highest BCUT2D eigenvalue weighted by atomic mass is 19.2. The summed E-state index contributed by atoms with van der Waals surface area (Å²) in [6.07, 6.45) is 5.25. The van der Waals surface area contributed by atoms with Crippen molar-refractivity contribution >= 4 is 22.9 Å². The van der Waals surface area contributed by atoms with Gasteiger partial charge in [-0.2, -0.15) is 0 Å². The molecule has 0 radical (unpaired) electrons. The molecule has 4 nitrogen and oxygen atoms in total. The molecule has 0 aliphatic rings. The summed E-state index contributed by atoms with van der Waals surface area (Å²) in [7, 11) is 0. The standard InChI is InChI=1S/C24H25F3N2O2/c1-7-17-8-9-21(20(25)10-17)28-24-19(15(4)5)11-18(22(26)23(24)27)12-29(16(6)30)31-13-14(2)3/h1,8-11,14,28H,4,12-13H2,2-3,5-6H3. The quantitative estimate of drug-likeness (QED) is 0.425. The van der Waals surface area contributed by atoms with Crippen LogP contribution in [0.5, 0.6) is 0 Å². The molecule has 0 unspecified atom stereocenters. The Morgan fingerprint density at radius 2 is 1.90 bits per heavy atom. The summed E-state index contributed by atoms with van der Waals surface area (Å²) in [5.41, 5.74) is 0.540. The molecule has 0 bridgehead atoms. The fourth-order valence-electron chi connectivity index (χ4n) is 2.74. The number of anilines is 2. The van der Waals surface area contributed by atoms with Crippen LogP contribution in [0, 0.1) is 35.7 Å². The first-order valence-corrected chi connectivity index (χ1v) is 9.66. The van der Waals surface area contributed by atoms with E-state index in [1.165, 1.54) is 25.1 Å². The van der Waals surface area contributed by atoms with Crippen molar-refractivity contribution in [3.8, 4) is 12.3 Å². The number of allylic oxidation sites excluding steroid dienone is 1. The second-order valence-corrected chi connectivity index (χ2v) is 7.58. The van der Waals surface area contributed by atoms with Crippen molar-refractivity contribution in [2.75, 3.05) is 11.9 Å². The van der Waals surface area contributed by atoms with Gasteiger partial charge in [0.1, 0.15) is 5.82 Å². The molecule has 0 heterocycles. The summed E-state index contributed by atoms with van der Waals surface area (Å²) in [5, 5.41) is 3.57. The summed E-state index contributed by atoms with van der Waals surface area (Å²) >= 11 is 0.